The number of nitrogens with zero attached hydrogens (tertiary/aromatic N) is 1. The van der Waals surface area contributed by atoms with Crippen molar-refractivity contribution in [3.63, 3.8) is 0 Å². The van der Waals surface area contributed by atoms with Crippen LogP contribution in [0.5, 0.6) is 0 Å². The van der Waals surface area contributed by atoms with Crippen molar-refractivity contribution in [3.8, 4) is 0 Å². The van der Waals surface area contributed by atoms with Crippen LogP contribution in [0.2, 0.25) is 0 Å². The van der Waals surface area contributed by atoms with Crippen molar-refractivity contribution in [3.05, 3.63) is 33.8 Å². The van der Waals surface area contributed by atoms with Gasteiger partial charge in [0.05, 0.1) is 0 Å². The average Bonchev–Trinajstić information content (AvgIpc) is 2.38. The maximum absolute atomic E-state index is 12.6. The van der Waals surface area contributed by atoms with Crippen molar-refractivity contribution in [1.29, 1.82) is 0 Å². The maximum atomic E-state index is 12.6. The monoisotopic (exact) mass is 324 g/mol. The molecule has 2 atom stereocenters. The predicted molar refractivity (Wildman–Crippen MR) is 81.2 cm³/mol. The lowest BCUT2D eigenvalue weighted by Gasteiger charge is -2.36. The van der Waals surface area contributed by atoms with E-state index in [1.165, 1.54) is 0 Å². The lowest BCUT2D eigenvalue weighted by Crippen LogP contribution is -2.49. The van der Waals surface area contributed by atoms with Gasteiger partial charge in [-0.1, -0.05) is 29.3 Å². The van der Waals surface area contributed by atoms with Crippen molar-refractivity contribution in [2.45, 2.75) is 32.7 Å². The fourth-order valence-corrected chi connectivity index (χ4v) is 3.18. The first-order chi connectivity index (χ1) is 9.02. The summed E-state index contributed by atoms with van der Waals surface area (Å²) in [7, 11) is 0. The van der Waals surface area contributed by atoms with E-state index < -0.39 is 0 Å². The van der Waals surface area contributed by atoms with Crippen molar-refractivity contribution in [1.82, 2.24) is 4.90 Å². The van der Waals surface area contributed by atoms with Crippen molar-refractivity contribution in [2.75, 3.05) is 13.1 Å². The molecule has 1 amide bonds. The zero-order chi connectivity index (χ0) is 14.0. The van der Waals surface area contributed by atoms with Crippen LogP contribution in [0, 0.1) is 12.8 Å². The summed E-state index contributed by atoms with van der Waals surface area (Å²) in [6, 6.07) is 6.05. The molecule has 2 unspecified atom stereocenters. The quantitative estimate of drug-likeness (QED) is 0.909. The van der Waals surface area contributed by atoms with Crippen LogP contribution in [0.25, 0.3) is 0 Å². The van der Waals surface area contributed by atoms with Gasteiger partial charge in [0.25, 0.3) is 5.91 Å². The summed E-state index contributed by atoms with van der Waals surface area (Å²) in [6.07, 6.45) is 1.93. The molecule has 0 aliphatic carbocycles. The highest BCUT2D eigenvalue weighted by Gasteiger charge is 2.28. The molecule has 4 heteroatoms. The second-order valence-corrected chi connectivity index (χ2v) is 6.25. The number of amides is 1. The lowest BCUT2D eigenvalue weighted by atomic mass is 9.90. The van der Waals surface area contributed by atoms with E-state index in [0.29, 0.717) is 5.92 Å². The Morgan fingerprint density at radius 2 is 2.26 bits per heavy atom. The molecule has 0 bridgehead atoms. The van der Waals surface area contributed by atoms with Gasteiger partial charge in [-0.3, -0.25) is 4.79 Å². The molecule has 1 saturated heterocycles. The SMILES string of the molecule is CCC1CN(C(=O)c2ccc(Br)cc2C)CCC1N. The molecule has 1 heterocycles. The third kappa shape index (κ3) is 3.18. The van der Waals surface area contributed by atoms with E-state index in [0.717, 1.165) is 41.5 Å². The summed E-state index contributed by atoms with van der Waals surface area (Å²) in [5.41, 5.74) is 7.91. The molecule has 0 saturated carbocycles. The minimum Gasteiger partial charge on any atom is -0.338 e. The Hall–Kier alpha value is -0.870. The fourth-order valence-electron chi connectivity index (χ4n) is 2.70. The van der Waals surface area contributed by atoms with Crippen molar-refractivity contribution in [2.24, 2.45) is 11.7 Å². The normalized spacial score (nSPS) is 23.5. The van der Waals surface area contributed by atoms with Crippen LogP contribution in [0.15, 0.2) is 22.7 Å². The first-order valence-corrected chi connectivity index (χ1v) is 7.63. The highest BCUT2D eigenvalue weighted by Crippen LogP contribution is 2.22. The summed E-state index contributed by atoms with van der Waals surface area (Å²) in [6.45, 7) is 5.67. The van der Waals surface area contributed by atoms with E-state index in [1.54, 1.807) is 0 Å². The highest BCUT2D eigenvalue weighted by molar-refractivity contribution is 9.10. The molecule has 2 rings (SSSR count). The minimum absolute atomic E-state index is 0.135. The Bertz CT molecular complexity index is 475. The van der Waals surface area contributed by atoms with Gasteiger partial charge < -0.3 is 10.6 Å². The minimum atomic E-state index is 0.135. The molecule has 1 aromatic carbocycles. The summed E-state index contributed by atoms with van der Waals surface area (Å²) in [5.74, 6) is 0.559. The van der Waals surface area contributed by atoms with Crippen molar-refractivity contribution >= 4 is 21.8 Å². The number of carbonyl (C=O) groups excluding carboxylic acids is 1. The molecule has 3 nitrogen and oxygen atoms in total. The number of nitrogens with two attached hydrogens (primary N) is 1. The second-order valence-electron chi connectivity index (χ2n) is 5.33. The van der Waals surface area contributed by atoms with Crippen LogP contribution >= 0.6 is 15.9 Å². The van der Waals surface area contributed by atoms with Crippen LogP contribution < -0.4 is 5.73 Å². The van der Waals surface area contributed by atoms with Gasteiger partial charge in [-0.25, -0.2) is 0 Å². The smallest absolute Gasteiger partial charge is 0.254 e. The molecule has 0 radical (unpaired) electrons. The number of piperidine rings is 1. The molecule has 1 fully saturated rings. The summed E-state index contributed by atoms with van der Waals surface area (Å²) >= 11 is 3.43. The standard InChI is InChI=1S/C15H21BrN2O/c1-3-11-9-18(7-6-14(11)17)15(19)13-5-4-12(16)8-10(13)2/h4-5,8,11,14H,3,6-7,9,17H2,1-2H3. The number of benzene rings is 1. The maximum Gasteiger partial charge on any atom is 0.254 e. The van der Waals surface area contributed by atoms with Crippen LogP contribution in [-0.2, 0) is 0 Å². The first kappa shape index (κ1) is 14.5. The van der Waals surface area contributed by atoms with Crippen molar-refractivity contribution < 1.29 is 4.79 Å². The molecular weight excluding hydrogens is 304 g/mol. The number of hydrogen-bond donors (Lipinski definition) is 1. The van der Waals surface area contributed by atoms with Gasteiger partial charge in [0, 0.05) is 29.2 Å². The Labute approximate surface area is 123 Å². The van der Waals surface area contributed by atoms with E-state index in [2.05, 4.69) is 22.9 Å². The molecule has 0 spiro atoms. The molecule has 1 aliphatic heterocycles. The average molecular weight is 325 g/mol. The van der Waals surface area contributed by atoms with Gasteiger partial charge in [0.15, 0.2) is 0 Å². The van der Waals surface area contributed by atoms with Gasteiger partial charge in [0.2, 0.25) is 0 Å². The largest absolute Gasteiger partial charge is 0.338 e. The number of likely N-dealkylation sites (tertiary alicyclic amines) is 1. The van der Waals surface area contributed by atoms with Gasteiger partial charge in [-0.05, 0) is 43.0 Å². The zero-order valence-corrected chi connectivity index (χ0v) is 13.1. The predicted octanol–water partition coefficient (Wildman–Crippen LogP) is 2.96. The Morgan fingerprint density at radius 1 is 1.53 bits per heavy atom. The van der Waals surface area contributed by atoms with Gasteiger partial charge in [0.1, 0.15) is 0 Å². The van der Waals surface area contributed by atoms with E-state index in [-0.39, 0.29) is 11.9 Å². The van der Waals surface area contributed by atoms with Crippen LogP contribution in [0.4, 0.5) is 0 Å². The molecule has 19 heavy (non-hydrogen) atoms. The van der Waals surface area contributed by atoms with Gasteiger partial charge in [-0.2, -0.15) is 0 Å². The molecule has 2 N–H and O–H groups in total. The summed E-state index contributed by atoms with van der Waals surface area (Å²) in [5, 5.41) is 0. The topological polar surface area (TPSA) is 46.3 Å². The summed E-state index contributed by atoms with van der Waals surface area (Å²) in [4.78, 5) is 14.5. The number of hydrogen-bond acceptors (Lipinski definition) is 2. The molecule has 1 aromatic rings. The second kappa shape index (κ2) is 6.06. The van der Waals surface area contributed by atoms with E-state index in [4.69, 9.17) is 5.73 Å². The lowest BCUT2D eigenvalue weighted by molar-refractivity contribution is 0.0648. The van der Waals surface area contributed by atoms with Gasteiger partial charge >= 0.3 is 0 Å². The number of aryl methyl sites for hydroxylation is 1. The first-order valence-electron chi connectivity index (χ1n) is 6.84. The summed E-state index contributed by atoms with van der Waals surface area (Å²) < 4.78 is 1.01. The zero-order valence-electron chi connectivity index (χ0n) is 11.5. The van der Waals surface area contributed by atoms with E-state index >= 15 is 0 Å². The Kier molecular flexibility index (Phi) is 4.63. The number of carbonyl (C=O) groups is 1. The Morgan fingerprint density at radius 3 is 2.89 bits per heavy atom. The van der Waals surface area contributed by atoms with E-state index in [9.17, 15) is 4.79 Å². The molecule has 1 aliphatic rings. The number of halogens is 1. The highest BCUT2D eigenvalue weighted by atomic mass is 79.9. The van der Waals surface area contributed by atoms with Crippen LogP contribution in [-0.4, -0.2) is 29.9 Å². The molecular formula is C15H21BrN2O. The van der Waals surface area contributed by atoms with Crippen LogP contribution in [0.1, 0.15) is 35.7 Å². The third-order valence-electron chi connectivity index (χ3n) is 4.02. The third-order valence-corrected chi connectivity index (χ3v) is 4.52. The Balaban J connectivity index is 2.15. The number of rotatable bonds is 2. The van der Waals surface area contributed by atoms with Crippen LogP contribution in [0.3, 0.4) is 0 Å². The molecule has 104 valence electrons. The molecule has 0 aromatic heterocycles. The fraction of sp³-hybridized carbons (Fsp3) is 0.533. The van der Waals surface area contributed by atoms with Gasteiger partial charge in [-0.15, -0.1) is 0 Å². The van der Waals surface area contributed by atoms with E-state index in [1.807, 2.05) is 30.0 Å².